The summed E-state index contributed by atoms with van der Waals surface area (Å²) in [5.41, 5.74) is 9.06. The number of nitrogens with zero attached hydrogens (tertiary/aromatic N) is 2. The molecule has 0 aliphatic carbocycles. The lowest BCUT2D eigenvalue weighted by atomic mass is 10.1. The Labute approximate surface area is 101 Å². The second-order valence-electron chi connectivity index (χ2n) is 3.99. The highest BCUT2D eigenvalue weighted by atomic mass is 15.0. The van der Waals surface area contributed by atoms with Gasteiger partial charge in [0.2, 0.25) is 0 Å². The van der Waals surface area contributed by atoms with E-state index < -0.39 is 0 Å². The fraction of sp³-hybridized carbons (Fsp3) is 0.231. The van der Waals surface area contributed by atoms with Gasteiger partial charge in [0.1, 0.15) is 11.6 Å². The monoisotopic (exact) mass is 228 g/mol. The fourth-order valence-electron chi connectivity index (χ4n) is 1.53. The van der Waals surface area contributed by atoms with Crippen molar-refractivity contribution in [3.05, 3.63) is 47.4 Å². The molecule has 1 heterocycles. The number of anilines is 2. The van der Waals surface area contributed by atoms with Gasteiger partial charge in [0.05, 0.1) is 6.54 Å². The van der Waals surface area contributed by atoms with Crippen LogP contribution in [0.1, 0.15) is 17.0 Å². The van der Waals surface area contributed by atoms with Gasteiger partial charge in [-0.3, -0.25) is 0 Å². The van der Waals surface area contributed by atoms with Crippen molar-refractivity contribution in [2.75, 3.05) is 5.32 Å². The molecule has 0 unspecified atom stereocenters. The molecule has 0 aliphatic heterocycles. The fourth-order valence-corrected chi connectivity index (χ4v) is 1.53. The second kappa shape index (κ2) is 4.93. The maximum absolute atomic E-state index is 5.50. The van der Waals surface area contributed by atoms with Gasteiger partial charge in [0.25, 0.3) is 0 Å². The molecule has 0 atom stereocenters. The molecule has 2 aromatic rings. The van der Waals surface area contributed by atoms with E-state index in [1.807, 2.05) is 12.1 Å². The van der Waals surface area contributed by atoms with E-state index in [2.05, 4.69) is 41.3 Å². The number of benzene rings is 1. The lowest BCUT2D eigenvalue weighted by Gasteiger charge is -2.08. The summed E-state index contributed by atoms with van der Waals surface area (Å²) in [7, 11) is 0. The summed E-state index contributed by atoms with van der Waals surface area (Å²) >= 11 is 0. The summed E-state index contributed by atoms with van der Waals surface area (Å²) in [6.45, 7) is 4.53. The van der Waals surface area contributed by atoms with E-state index in [0.29, 0.717) is 12.4 Å². The number of nitrogens with one attached hydrogen (secondary N) is 1. The Bertz CT molecular complexity index is 523. The van der Waals surface area contributed by atoms with E-state index in [1.165, 1.54) is 11.1 Å². The number of nitrogens with two attached hydrogens (primary N) is 1. The first-order chi connectivity index (χ1) is 8.19. The number of aryl methyl sites for hydroxylation is 2. The predicted octanol–water partition coefficient (Wildman–Crippen LogP) is 2.30. The predicted molar refractivity (Wildman–Crippen MR) is 69.1 cm³/mol. The molecule has 0 radical (unpaired) electrons. The van der Waals surface area contributed by atoms with Gasteiger partial charge in [-0.25, -0.2) is 9.97 Å². The van der Waals surface area contributed by atoms with Gasteiger partial charge in [-0.05, 0) is 43.2 Å². The summed E-state index contributed by atoms with van der Waals surface area (Å²) < 4.78 is 0. The highest BCUT2D eigenvalue weighted by molar-refractivity contribution is 5.57. The lowest BCUT2D eigenvalue weighted by Crippen LogP contribution is -2.04. The number of hydrogen-bond acceptors (Lipinski definition) is 4. The van der Waals surface area contributed by atoms with Crippen molar-refractivity contribution in [1.82, 2.24) is 9.97 Å². The molecule has 0 amide bonds. The molecule has 2 rings (SSSR count). The van der Waals surface area contributed by atoms with Gasteiger partial charge in [0.15, 0.2) is 0 Å². The van der Waals surface area contributed by atoms with Crippen LogP contribution in [0.15, 0.2) is 30.5 Å². The summed E-state index contributed by atoms with van der Waals surface area (Å²) in [5.74, 6) is 1.41. The molecule has 4 heteroatoms. The van der Waals surface area contributed by atoms with Crippen LogP contribution in [0.5, 0.6) is 0 Å². The maximum atomic E-state index is 5.50. The van der Waals surface area contributed by atoms with Crippen LogP contribution in [0.4, 0.5) is 11.5 Å². The van der Waals surface area contributed by atoms with E-state index >= 15 is 0 Å². The quantitative estimate of drug-likeness (QED) is 0.846. The van der Waals surface area contributed by atoms with Gasteiger partial charge in [-0.2, -0.15) is 0 Å². The van der Waals surface area contributed by atoms with Crippen LogP contribution in [0.3, 0.4) is 0 Å². The molecule has 4 nitrogen and oxygen atoms in total. The zero-order valence-corrected chi connectivity index (χ0v) is 10.1. The topological polar surface area (TPSA) is 63.8 Å². The highest BCUT2D eigenvalue weighted by Gasteiger charge is 2.00. The van der Waals surface area contributed by atoms with Crippen LogP contribution in [-0.4, -0.2) is 9.97 Å². The van der Waals surface area contributed by atoms with Crippen molar-refractivity contribution < 1.29 is 0 Å². The summed E-state index contributed by atoms with van der Waals surface area (Å²) in [6, 6.07) is 8.04. The molecule has 0 bridgehead atoms. The zero-order valence-electron chi connectivity index (χ0n) is 10.1. The summed E-state index contributed by atoms with van der Waals surface area (Å²) in [6.07, 6.45) is 1.71. The SMILES string of the molecule is Cc1ccc(Nc2ccnc(CN)n2)cc1C. The van der Waals surface area contributed by atoms with Crippen molar-refractivity contribution >= 4 is 11.5 Å². The van der Waals surface area contributed by atoms with E-state index in [4.69, 9.17) is 5.73 Å². The van der Waals surface area contributed by atoms with Crippen LogP contribution in [0.25, 0.3) is 0 Å². The molecule has 0 saturated carbocycles. The molecule has 1 aromatic carbocycles. The van der Waals surface area contributed by atoms with Gasteiger partial charge in [0, 0.05) is 11.9 Å². The average Bonchev–Trinajstić information content (AvgIpc) is 2.34. The summed E-state index contributed by atoms with van der Waals surface area (Å²) in [5, 5.41) is 3.24. The first-order valence-corrected chi connectivity index (χ1v) is 5.55. The molecular weight excluding hydrogens is 212 g/mol. The van der Waals surface area contributed by atoms with Crippen LogP contribution in [0, 0.1) is 13.8 Å². The van der Waals surface area contributed by atoms with Crippen molar-refractivity contribution in [3.63, 3.8) is 0 Å². The Morgan fingerprint density at radius 1 is 1.18 bits per heavy atom. The Hall–Kier alpha value is -1.94. The first-order valence-electron chi connectivity index (χ1n) is 5.55. The Balaban J connectivity index is 2.22. The number of rotatable bonds is 3. The van der Waals surface area contributed by atoms with E-state index in [1.54, 1.807) is 6.20 Å². The molecule has 88 valence electrons. The minimum Gasteiger partial charge on any atom is -0.340 e. The van der Waals surface area contributed by atoms with Crippen molar-refractivity contribution in [3.8, 4) is 0 Å². The molecule has 0 fully saturated rings. The van der Waals surface area contributed by atoms with Crippen molar-refractivity contribution in [2.45, 2.75) is 20.4 Å². The number of hydrogen-bond donors (Lipinski definition) is 2. The van der Waals surface area contributed by atoms with Gasteiger partial charge in [-0.15, -0.1) is 0 Å². The Morgan fingerprint density at radius 2 is 2.00 bits per heavy atom. The van der Waals surface area contributed by atoms with Gasteiger partial charge >= 0.3 is 0 Å². The number of aromatic nitrogens is 2. The molecule has 0 spiro atoms. The third-order valence-corrected chi connectivity index (χ3v) is 2.67. The minimum atomic E-state index is 0.350. The smallest absolute Gasteiger partial charge is 0.144 e. The van der Waals surface area contributed by atoms with Crippen LogP contribution >= 0.6 is 0 Å². The van der Waals surface area contributed by atoms with E-state index in [9.17, 15) is 0 Å². The summed E-state index contributed by atoms with van der Waals surface area (Å²) in [4.78, 5) is 8.35. The van der Waals surface area contributed by atoms with Gasteiger partial charge < -0.3 is 11.1 Å². The first kappa shape index (κ1) is 11.5. The molecule has 17 heavy (non-hydrogen) atoms. The molecule has 0 saturated heterocycles. The molecule has 3 N–H and O–H groups in total. The Kier molecular flexibility index (Phi) is 3.35. The highest BCUT2D eigenvalue weighted by Crippen LogP contribution is 2.17. The van der Waals surface area contributed by atoms with E-state index in [-0.39, 0.29) is 0 Å². The molecule has 1 aromatic heterocycles. The lowest BCUT2D eigenvalue weighted by molar-refractivity contribution is 0.912. The standard InChI is InChI=1S/C13H16N4/c1-9-3-4-11(7-10(9)2)16-12-5-6-15-13(8-14)17-12/h3-7H,8,14H2,1-2H3,(H,15,16,17). The maximum Gasteiger partial charge on any atom is 0.144 e. The largest absolute Gasteiger partial charge is 0.340 e. The zero-order chi connectivity index (χ0) is 12.3. The average molecular weight is 228 g/mol. The Morgan fingerprint density at radius 3 is 2.71 bits per heavy atom. The van der Waals surface area contributed by atoms with Gasteiger partial charge in [-0.1, -0.05) is 6.07 Å². The molecular formula is C13H16N4. The van der Waals surface area contributed by atoms with Crippen LogP contribution in [-0.2, 0) is 6.54 Å². The van der Waals surface area contributed by atoms with Crippen molar-refractivity contribution in [1.29, 1.82) is 0 Å². The second-order valence-corrected chi connectivity index (χ2v) is 3.99. The molecule has 0 aliphatic rings. The van der Waals surface area contributed by atoms with Crippen LogP contribution in [0.2, 0.25) is 0 Å². The van der Waals surface area contributed by atoms with Crippen LogP contribution < -0.4 is 11.1 Å². The third kappa shape index (κ3) is 2.79. The third-order valence-electron chi connectivity index (χ3n) is 2.67. The van der Waals surface area contributed by atoms with E-state index in [0.717, 1.165) is 11.5 Å². The van der Waals surface area contributed by atoms with Crippen molar-refractivity contribution in [2.24, 2.45) is 5.73 Å². The normalized spacial score (nSPS) is 10.3. The minimum absolute atomic E-state index is 0.350.